The summed E-state index contributed by atoms with van der Waals surface area (Å²) >= 11 is 1.62. The van der Waals surface area contributed by atoms with Crippen molar-refractivity contribution >= 4 is 16.9 Å². The molecule has 1 N–H and O–H groups in total. The molecule has 0 amide bonds. The molecule has 1 unspecified atom stereocenters. The first-order valence-corrected chi connectivity index (χ1v) is 7.68. The molecule has 2 aliphatic heterocycles. The molecular formula is C13H21NO2S. The first-order valence-electron chi connectivity index (χ1n) is 6.87. The van der Waals surface area contributed by atoms with E-state index in [1.165, 1.54) is 32.1 Å². The largest absolute Gasteiger partial charge is 0.381 e. The highest BCUT2D eigenvalue weighted by Crippen LogP contribution is 2.52. The van der Waals surface area contributed by atoms with Crippen LogP contribution in [0.2, 0.25) is 0 Å². The summed E-state index contributed by atoms with van der Waals surface area (Å²) in [5.74, 6) is 0. The Labute approximate surface area is 107 Å². The van der Waals surface area contributed by atoms with Gasteiger partial charge in [-0.2, -0.15) is 0 Å². The van der Waals surface area contributed by atoms with Crippen molar-refractivity contribution < 1.29 is 9.53 Å². The van der Waals surface area contributed by atoms with Gasteiger partial charge in [-0.05, 0) is 25.7 Å². The van der Waals surface area contributed by atoms with E-state index in [0.717, 1.165) is 26.1 Å². The minimum atomic E-state index is 0.135. The van der Waals surface area contributed by atoms with Crippen molar-refractivity contribution in [2.75, 3.05) is 13.2 Å². The Morgan fingerprint density at radius 3 is 2.53 bits per heavy atom. The van der Waals surface area contributed by atoms with Crippen molar-refractivity contribution in [3.05, 3.63) is 0 Å². The van der Waals surface area contributed by atoms with Crippen LogP contribution in [-0.4, -0.2) is 35.2 Å². The summed E-state index contributed by atoms with van der Waals surface area (Å²) in [6.07, 6.45) is 8.52. The molecule has 1 spiro atoms. The highest BCUT2D eigenvalue weighted by molar-refractivity contribution is 8.17. The summed E-state index contributed by atoms with van der Waals surface area (Å²) in [5, 5.41) is 3.99. The predicted octanol–water partition coefficient (Wildman–Crippen LogP) is 2.10. The van der Waals surface area contributed by atoms with Crippen LogP contribution in [0.25, 0.3) is 0 Å². The van der Waals surface area contributed by atoms with Crippen LogP contribution in [0.4, 0.5) is 0 Å². The third-order valence-electron chi connectivity index (χ3n) is 4.39. The van der Waals surface area contributed by atoms with Crippen molar-refractivity contribution in [3.8, 4) is 0 Å². The van der Waals surface area contributed by atoms with Gasteiger partial charge >= 0.3 is 0 Å². The molecule has 3 rings (SSSR count). The second-order valence-corrected chi connectivity index (χ2v) is 6.95. The zero-order chi connectivity index (χ0) is 11.7. The van der Waals surface area contributed by atoms with Crippen LogP contribution < -0.4 is 5.32 Å². The van der Waals surface area contributed by atoms with Gasteiger partial charge in [-0.25, -0.2) is 0 Å². The third-order valence-corrected chi connectivity index (χ3v) is 5.88. The summed E-state index contributed by atoms with van der Waals surface area (Å²) in [4.78, 5) is 11.8. The molecule has 2 saturated heterocycles. The molecule has 3 aliphatic rings. The van der Waals surface area contributed by atoms with Crippen LogP contribution in [0.1, 0.15) is 44.9 Å². The van der Waals surface area contributed by atoms with Crippen molar-refractivity contribution in [2.24, 2.45) is 0 Å². The number of rotatable bonds is 2. The first kappa shape index (κ1) is 12.0. The van der Waals surface area contributed by atoms with Gasteiger partial charge in [-0.1, -0.05) is 31.0 Å². The van der Waals surface area contributed by atoms with Gasteiger partial charge in [0.1, 0.15) is 0 Å². The molecule has 0 aromatic heterocycles. The maximum atomic E-state index is 11.8. The Balaban J connectivity index is 1.61. The van der Waals surface area contributed by atoms with Crippen LogP contribution in [0.5, 0.6) is 0 Å². The zero-order valence-corrected chi connectivity index (χ0v) is 11.1. The quantitative estimate of drug-likeness (QED) is 0.820. The van der Waals surface area contributed by atoms with Gasteiger partial charge in [0.2, 0.25) is 5.12 Å². The molecule has 0 bridgehead atoms. The average molecular weight is 255 g/mol. The van der Waals surface area contributed by atoms with Gasteiger partial charge in [-0.3, -0.25) is 4.79 Å². The number of hydrogen-bond donors (Lipinski definition) is 1. The normalized spacial score (nSPS) is 33.6. The van der Waals surface area contributed by atoms with Crippen LogP contribution >= 0.6 is 11.8 Å². The van der Waals surface area contributed by atoms with Crippen LogP contribution in [0.15, 0.2) is 0 Å². The Morgan fingerprint density at radius 2 is 1.88 bits per heavy atom. The van der Waals surface area contributed by atoms with Gasteiger partial charge in [0.25, 0.3) is 0 Å². The predicted molar refractivity (Wildman–Crippen MR) is 69.2 cm³/mol. The average Bonchev–Trinajstić information content (AvgIpc) is 2.39. The highest BCUT2D eigenvalue weighted by Gasteiger charge is 2.55. The minimum Gasteiger partial charge on any atom is -0.381 e. The Bertz CT molecular complexity index is 296. The fourth-order valence-electron chi connectivity index (χ4n) is 3.34. The smallest absolute Gasteiger partial charge is 0.207 e. The minimum absolute atomic E-state index is 0.135. The number of nitrogens with one attached hydrogen (secondary N) is 1. The standard InChI is InChI=1S/C13H21NO2S/c15-12-11(14-10-4-8-16-9-5-10)13(17-12)6-2-1-3-7-13/h10-11,14H,1-9H2. The summed E-state index contributed by atoms with van der Waals surface area (Å²) in [6.45, 7) is 1.69. The molecule has 1 atom stereocenters. The summed E-state index contributed by atoms with van der Waals surface area (Å²) < 4.78 is 5.62. The number of carbonyl (C=O) groups excluding carboxylic acids is 1. The van der Waals surface area contributed by atoms with Crippen molar-refractivity contribution in [1.82, 2.24) is 5.32 Å². The lowest BCUT2D eigenvalue weighted by atomic mass is 9.81. The van der Waals surface area contributed by atoms with Gasteiger partial charge in [0.15, 0.2) is 0 Å². The van der Waals surface area contributed by atoms with Crippen molar-refractivity contribution in [2.45, 2.75) is 61.8 Å². The molecule has 1 saturated carbocycles. The summed E-state index contributed by atoms with van der Waals surface area (Å²) in [7, 11) is 0. The Hall–Kier alpha value is -0.0600. The number of thioether (sulfide) groups is 1. The monoisotopic (exact) mass is 255 g/mol. The zero-order valence-electron chi connectivity index (χ0n) is 10.2. The lowest BCUT2D eigenvalue weighted by molar-refractivity contribution is -0.116. The van der Waals surface area contributed by atoms with Crippen molar-refractivity contribution in [1.29, 1.82) is 0 Å². The van der Waals surface area contributed by atoms with Crippen LogP contribution in [0.3, 0.4) is 0 Å². The molecule has 3 fully saturated rings. The second kappa shape index (κ2) is 4.90. The van der Waals surface area contributed by atoms with Crippen molar-refractivity contribution in [3.63, 3.8) is 0 Å². The first-order chi connectivity index (χ1) is 8.30. The molecule has 2 heterocycles. The van der Waals surface area contributed by atoms with E-state index in [1.54, 1.807) is 11.8 Å². The number of hydrogen-bond acceptors (Lipinski definition) is 4. The van der Waals surface area contributed by atoms with E-state index < -0.39 is 0 Å². The SMILES string of the molecule is O=C1SC2(CCCCC2)C1NC1CCOCC1. The number of ether oxygens (including phenoxy) is 1. The van der Waals surface area contributed by atoms with Gasteiger partial charge in [0, 0.05) is 24.0 Å². The van der Waals surface area contributed by atoms with E-state index in [0.29, 0.717) is 11.2 Å². The van der Waals surface area contributed by atoms with Gasteiger partial charge < -0.3 is 10.1 Å². The van der Waals surface area contributed by atoms with Gasteiger partial charge in [0.05, 0.1) is 6.04 Å². The van der Waals surface area contributed by atoms with E-state index in [9.17, 15) is 4.79 Å². The fourth-order valence-corrected chi connectivity index (χ4v) is 4.75. The molecule has 4 heteroatoms. The van der Waals surface area contributed by atoms with E-state index in [2.05, 4.69) is 5.32 Å². The van der Waals surface area contributed by atoms with E-state index in [4.69, 9.17) is 4.74 Å². The number of carbonyl (C=O) groups is 1. The Morgan fingerprint density at radius 1 is 1.18 bits per heavy atom. The van der Waals surface area contributed by atoms with E-state index >= 15 is 0 Å². The maximum Gasteiger partial charge on any atom is 0.207 e. The lowest BCUT2D eigenvalue weighted by Crippen LogP contribution is -2.64. The molecule has 1 aliphatic carbocycles. The van der Waals surface area contributed by atoms with E-state index in [-0.39, 0.29) is 10.8 Å². The molecule has 3 nitrogen and oxygen atoms in total. The van der Waals surface area contributed by atoms with Crippen LogP contribution in [0, 0.1) is 0 Å². The summed E-state index contributed by atoms with van der Waals surface area (Å²) in [5.41, 5.74) is 0. The fraction of sp³-hybridized carbons (Fsp3) is 0.923. The maximum absolute atomic E-state index is 11.8. The van der Waals surface area contributed by atoms with Gasteiger partial charge in [-0.15, -0.1) is 0 Å². The molecule has 0 radical (unpaired) electrons. The lowest BCUT2D eigenvalue weighted by Gasteiger charge is -2.51. The molecule has 96 valence electrons. The molecular weight excluding hydrogens is 234 g/mol. The Kier molecular flexibility index (Phi) is 3.46. The van der Waals surface area contributed by atoms with E-state index in [1.807, 2.05) is 0 Å². The second-order valence-electron chi connectivity index (χ2n) is 5.53. The highest BCUT2D eigenvalue weighted by atomic mass is 32.2. The molecule has 0 aromatic rings. The topological polar surface area (TPSA) is 38.3 Å². The third kappa shape index (κ3) is 2.27. The molecule has 17 heavy (non-hydrogen) atoms. The molecule has 0 aromatic carbocycles. The van der Waals surface area contributed by atoms with Crippen LogP contribution in [-0.2, 0) is 9.53 Å². The summed E-state index contributed by atoms with van der Waals surface area (Å²) in [6, 6.07) is 0.633.